The smallest absolute Gasteiger partial charge is 0.330 e. The van der Waals surface area contributed by atoms with Gasteiger partial charge in [-0.05, 0) is 58.2 Å². The number of amides is 4. The van der Waals surface area contributed by atoms with Crippen LogP contribution in [-0.2, 0) is 54.4 Å². The lowest BCUT2D eigenvalue weighted by molar-refractivity contribution is -0.136. The van der Waals surface area contributed by atoms with Crippen molar-refractivity contribution in [1.29, 1.82) is 0 Å². The number of imide groups is 2. The molecule has 8 rings (SSSR count). The van der Waals surface area contributed by atoms with E-state index in [1.165, 1.54) is 29.2 Å². The number of carbonyl (C=O) groups excluding carboxylic acids is 4. The van der Waals surface area contributed by atoms with Gasteiger partial charge in [0.25, 0.3) is 27.5 Å². The van der Waals surface area contributed by atoms with Crippen molar-refractivity contribution in [3.05, 3.63) is 108 Å². The second-order valence-electron chi connectivity index (χ2n) is 17.4. The Bertz CT molecular complexity index is 3000. The predicted molar refractivity (Wildman–Crippen MR) is 263 cm³/mol. The summed E-state index contributed by atoms with van der Waals surface area (Å²) in [5.41, 5.74) is 9.75. The van der Waals surface area contributed by atoms with E-state index in [0.717, 1.165) is 10.1 Å². The molecule has 0 aliphatic carbocycles. The van der Waals surface area contributed by atoms with E-state index < -0.39 is 126 Å². The van der Waals surface area contributed by atoms with Gasteiger partial charge < -0.3 is 29.5 Å². The van der Waals surface area contributed by atoms with Gasteiger partial charge in [0.15, 0.2) is 0 Å². The lowest BCUT2D eigenvalue weighted by Crippen LogP contribution is -2.44. The summed E-state index contributed by atoms with van der Waals surface area (Å²) < 4.78 is 82.9. The molecule has 7 heterocycles. The number of aromatic nitrogens is 5. The number of azide groups is 1. The third-order valence-corrected chi connectivity index (χ3v) is 13.3. The van der Waals surface area contributed by atoms with Crippen LogP contribution in [0.15, 0.2) is 79.6 Å². The number of rotatable bonds is 12. The molecule has 0 radical (unpaired) electrons. The van der Waals surface area contributed by atoms with Crippen molar-refractivity contribution in [3.63, 3.8) is 0 Å². The minimum absolute atomic E-state index is 0.0172. The Morgan fingerprint density at radius 3 is 1.88 bits per heavy atom. The summed E-state index contributed by atoms with van der Waals surface area (Å²) in [5, 5.41) is 43.2. The SMILES string of the molecule is C#CCOS(=O)(=O)c1ccc(C)cc1.C#CC[18F].CC1=CC([C@H]2C[C@H](N=[N+]=[N-])[C@@H](CO)O2)C(=O)NC1=O.CC1=CC([C@H]2C[C@H](n3cc(C[18F])nn3)[C@@H](CO)O2)C(=O)NC1=O.Cc1cn([C@H]2C[C@H]([18F])[C@@H](CO)O2)c(=O)[nH]c1=O. The normalized spacial score (nSPS) is 26.4. The van der Waals surface area contributed by atoms with Crippen molar-refractivity contribution in [2.75, 3.05) is 33.1 Å². The van der Waals surface area contributed by atoms with Gasteiger partial charge >= 0.3 is 5.69 Å². The average molecular weight is 1100 g/mol. The van der Waals surface area contributed by atoms with Crippen LogP contribution in [0.2, 0.25) is 0 Å². The summed E-state index contributed by atoms with van der Waals surface area (Å²) in [6.07, 6.45) is 10.7. The molecule has 5 aliphatic heterocycles. The summed E-state index contributed by atoms with van der Waals surface area (Å²) in [6.45, 7) is 4.05. The van der Waals surface area contributed by atoms with Gasteiger partial charge in [0.2, 0.25) is 11.8 Å². The molecule has 416 valence electrons. The van der Waals surface area contributed by atoms with Gasteiger partial charge in [0.1, 0.15) is 50.3 Å². The van der Waals surface area contributed by atoms with E-state index in [-0.39, 0.29) is 42.9 Å². The highest BCUT2D eigenvalue weighted by molar-refractivity contribution is 7.86. The van der Waals surface area contributed by atoms with Crippen LogP contribution >= 0.6 is 0 Å². The number of hydrogen-bond donors (Lipinski definition) is 6. The largest absolute Gasteiger partial charge is 0.394 e. The molecule has 1 aromatic carbocycles. The highest BCUT2D eigenvalue weighted by atomic mass is 32.2. The first kappa shape index (κ1) is 62.2. The maximum absolute atomic E-state index is 13.4. The van der Waals surface area contributed by atoms with Crippen LogP contribution in [0.4, 0.5) is 13.2 Å². The topological polar surface area (TPSA) is 358 Å². The van der Waals surface area contributed by atoms with E-state index in [1.807, 2.05) is 6.92 Å². The van der Waals surface area contributed by atoms with Crippen LogP contribution < -0.4 is 21.9 Å². The fraction of sp³-hybridized carbons (Fsp3) is 0.500. The first-order valence-electron chi connectivity index (χ1n) is 23.3. The molecule has 11 atom stereocenters. The molecule has 3 saturated heterocycles. The second kappa shape index (κ2) is 29.3. The van der Waals surface area contributed by atoms with Gasteiger partial charge in [-0.3, -0.25) is 48.3 Å². The van der Waals surface area contributed by atoms with E-state index >= 15 is 0 Å². The van der Waals surface area contributed by atoms with Crippen molar-refractivity contribution in [2.24, 2.45) is 17.0 Å². The van der Waals surface area contributed by atoms with Crippen molar-refractivity contribution in [3.8, 4) is 24.7 Å². The minimum atomic E-state index is -3.68. The molecule has 0 spiro atoms. The monoisotopic (exact) mass is 1100 g/mol. The molecule has 2 aromatic heterocycles. The quantitative estimate of drug-likeness (QED) is 0.0369. The molecule has 25 nitrogen and oxygen atoms in total. The van der Waals surface area contributed by atoms with Crippen LogP contribution in [0.5, 0.6) is 0 Å². The standard InChI is InChI=1S/C14H17FN4O4.C11H14N4O4.C10H13FN2O4.C10H10O3S.C3H3F/c1-7-2-9(14(22)16-13(7)21)11-3-10(12(6-20)23-11)19-5-8(4-15)17-18-19;1-5-2-6(11(18)13-10(5)17)8-3-7(14-15-12)9(4-16)19-8;1-5-3-13(10(16)12-9(5)15)8-2-6(11)7(4-14)17-8;1-3-8-13-14(11,12)10-6-4-9(2)5-7-10;1-2-3-4/h2,5,9-12,20H,3-4,6H2,1H3,(H,16,21,22);2,6-9,16H,3-4H2,1H3,(H,13,17,18);3,6-8,14H,2,4H2,1H3,(H,12,15,16);1,4-7H,8H2,2H3;1H,3H2/t9?,10-,11+,12+;6?,7-,8+,9+;6-,7+,8+;;/m000../s1/i15-1;;11-1;;4-1. The fourth-order valence-electron chi connectivity index (χ4n) is 8.01. The van der Waals surface area contributed by atoms with E-state index in [4.69, 9.17) is 36.4 Å². The van der Waals surface area contributed by atoms with Gasteiger partial charge in [0, 0.05) is 34.2 Å². The molecule has 3 fully saturated rings. The Labute approximate surface area is 438 Å². The first-order chi connectivity index (χ1) is 36.6. The third kappa shape index (κ3) is 16.8. The number of alkyl halides is 3. The number of aliphatic hydroxyl groups is 3. The molecule has 29 heteroatoms. The number of terminal acetylenes is 2. The zero-order valence-corrected chi connectivity index (χ0v) is 42.7. The van der Waals surface area contributed by atoms with Gasteiger partial charge in [0.05, 0.1) is 73.1 Å². The molecule has 2 unspecified atom stereocenters. The molecule has 3 aromatic rings. The van der Waals surface area contributed by atoms with Crippen molar-refractivity contribution in [2.45, 2.75) is 114 Å². The molecule has 77 heavy (non-hydrogen) atoms. The summed E-state index contributed by atoms with van der Waals surface area (Å²) >= 11 is 0. The Kier molecular flexibility index (Phi) is 23.7. The van der Waals surface area contributed by atoms with Crippen molar-refractivity contribution >= 4 is 33.7 Å². The van der Waals surface area contributed by atoms with Crippen molar-refractivity contribution in [1.82, 2.24) is 35.2 Å². The van der Waals surface area contributed by atoms with Crippen LogP contribution in [0.3, 0.4) is 0 Å². The predicted octanol–water partition coefficient (Wildman–Crippen LogP) is 1.08. The van der Waals surface area contributed by atoms with Gasteiger partial charge in [-0.25, -0.2) is 22.6 Å². The maximum Gasteiger partial charge on any atom is 0.330 e. The summed E-state index contributed by atoms with van der Waals surface area (Å²) in [4.78, 5) is 74.2. The summed E-state index contributed by atoms with van der Waals surface area (Å²) in [5.74, 6) is 0.964. The molecular weight excluding hydrogens is 1040 g/mol. The minimum Gasteiger partial charge on any atom is -0.394 e. The zero-order valence-electron chi connectivity index (χ0n) is 41.9. The Hall–Kier alpha value is -7.31. The number of nitrogens with zero attached hydrogens (tertiary/aromatic N) is 7. The highest BCUT2D eigenvalue weighted by Gasteiger charge is 2.45. The zero-order chi connectivity index (χ0) is 57.1. The average Bonchev–Trinajstić information content (AvgIpc) is 4.24. The second-order valence-corrected chi connectivity index (χ2v) is 19.0. The van der Waals surface area contributed by atoms with Gasteiger partial charge in [-0.2, -0.15) is 8.42 Å². The number of nitrogens with one attached hydrogen (secondary N) is 3. The fourth-order valence-corrected chi connectivity index (χ4v) is 8.83. The highest BCUT2D eigenvalue weighted by Crippen LogP contribution is 2.36. The molecular formula is C48H57F3N10O15S. The Morgan fingerprint density at radius 1 is 0.831 bits per heavy atom. The number of benzene rings is 1. The third-order valence-electron chi connectivity index (χ3n) is 12.0. The number of aliphatic hydroxyl groups excluding tert-OH is 3. The van der Waals surface area contributed by atoms with E-state index in [2.05, 4.69) is 52.5 Å². The lowest BCUT2D eigenvalue weighted by atomic mass is 9.92. The molecule has 5 aliphatic rings. The number of H-pyrrole nitrogens is 1. The Morgan fingerprint density at radius 2 is 1.39 bits per heavy atom. The molecule has 6 N–H and O–H groups in total. The van der Waals surface area contributed by atoms with Gasteiger partial charge in [-0.1, -0.05) is 52.0 Å². The van der Waals surface area contributed by atoms with Gasteiger partial charge in [-0.15, -0.1) is 17.9 Å². The number of aryl methyl sites for hydroxylation is 2. The Balaban J connectivity index is 0.000000219. The van der Waals surface area contributed by atoms with E-state index in [9.17, 15) is 55.5 Å². The van der Waals surface area contributed by atoms with E-state index in [0.29, 0.717) is 29.6 Å². The lowest BCUT2D eigenvalue weighted by Gasteiger charge is -2.23. The number of carbonyl (C=O) groups is 4. The van der Waals surface area contributed by atoms with E-state index in [1.54, 1.807) is 51.0 Å². The summed E-state index contributed by atoms with van der Waals surface area (Å²) in [7, 11) is -3.68. The number of halogens is 3. The van der Waals surface area contributed by atoms with Crippen LogP contribution in [-0.4, -0.2) is 148 Å². The maximum atomic E-state index is 13.4. The number of hydrogen-bond acceptors (Lipinski definition) is 18. The van der Waals surface area contributed by atoms with Crippen LogP contribution in [0.25, 0.3) is 10.4 Å². The molecule has 0 bridgehead atoms. The number of ether oxygens (including phenoxy) is 3. The number of aromatic amines is 1. The molecule has 0 saturated carbocycles. The van der Waals surface area contributed by atoms with Crippen molar-refractivity contribution < 1.29 is 74.5 Å². The first-order valence-corrected chi connectivity index (χ1v) is 24.7. The molecule has 4 amide bonds. The van der Waals surface area contributed by atoms with Crippen LogP contribution in [0.1, 0.15) is 62.2 Å². The van der Waals surface area contributed by atoms with Crippen LogP contribution in [0, 0.1) is 50.4 Å². The summed E-state index contributed by atoms with van der Waals surface area (Å²) in [6, 6.07) is 5.52.